The van der Waals surface area contributed by atoms with Gasteiger partial charge in [-0.2, -0.15) is 0 Å². The van der Waals surface area contributed by atoms with E-state index in [1.807, 2.05) is 32.0 Å². The zero-order chi connectivity index (χ0) is 13.8. The van der Waals surface area contributed by atoms with Gasteiger partial charge >= 0.3 is 0 Å². The third-order valence-electron chi connectivity index (χ3n) is 3.06. The Bertz CT molecular complexity index is 459. The highest BCUT2D eigenvalue weighted by molar-refractivity contribution is 5.92. The van der Waals surface area contributed by atoms with E-state index in [0.717, 1.165) is 5.69 Å². The first-order valence-electron chi connectivity index (χ1n) is 6.56. The topological polar surface area (TPSA) is 71.1 Å². The molecule has 2 amide bonds. The summed E-state index contributed by atoms with van der Waals surface area (Å²) in [7, 11) is 0. The lowest BCUT2D eigenvalue weighted by atomic mass is 10.2. The zero-order valence-electron chi connectivity index (χ0n) is 11.2. The second-order valence-corrected chi connectivity index (χ2v) is 5.15. The average molecular weight is 261 g/mol. The highest BCUT2D eigenvalue weighted by Crippen LogP contribution is 2.38. The number of amides is 2. The maximum Gasteiger partial charge on any atom is 0.224 e. The summed E-state index contributed by atoms with van der Waals surface area (Å²) in [5.41, 5.74) is 0.819. The molecule has 1 heterocycles. The molecule has 5 nitrogen and oxygen atoms in total. The molecule has 0 radical (unpaired) electrons. The van der Waals surface area contributed by atoms with Crippen LogP contribution in [0.5, 0.6) is 0 Å². The van der Waals surface area contributed by atoms with Crippen molar-refractivity contribution in [2.75, 3.05) is 0 Å². The molecule has 2 atom stereocenters. The fourth-order valence-electron chi connectivity index (χ4n) is 1.98. The summed E-state index contributed by atoms with van der Waals surface area (Å²) in [6.07, 6.45) is 2.34. The second kappa shape index (κ2) is 5.82. The molecule has 2 N–H and O–H groups in total. The number of pyridine rings is 1. The van der Waals surface area contributed by atoms with Gasteiger partial charge in [0.05, 0.1) is 24.1 Å². The van der Waals surface area contributed by atoms with Gasteiger partial charge in [-0.1, -0.05) is 6.07 Å². The van der Waals surface area contributed by atoms with Crippen LogP contribution in [0, 0.1) is 11.8 Å². The maximum absolute atomic E-state index is 11.9. The van der Waals surface area contributed by atoms with Crippen molar-refractivity contribution in [2.45, 2.75) is 32.9 Å². The van der Waals surface area contributed by atoms with E-state index < -0.39 is 0 Å². The Labute approximate surface area is 112 Å². The Morgan fingerprint density at radius 2 is 2.05 bits per heavy atom. The number of nitrogens with zero attached hydrogens (tertiary/aromatic N) is 1. The first-order chi connectivity index (χ1) is 9.08. The van der Waals surface area contributed by atoms with Crippen LogP contribution in [0.3, 0.4) is 0 Å². The zero-order valence-corrected chi connectivity index (χ0v) is 11.2. The van der Waals surface area contributed by atoms with E-state index in [1.54, 1.807) is 6.20 Å². The number of aromatic nitrogens is 1. The molecule has 2 rings (SSSR count). The lowest BCUT2D eigenvalue weighted by Crippen LogP contribution is -2.33. The van der Waals surface area contributed by atoms with Crippen LogP contribution < -0.4 is 10.6 Å². The highest BCUT2D eigenvalue weighted by Gasteiger charge is 2.47. The van der Waals surface area contributed by atoms with E-state index in [4.69, 9.17) is 0 Å². The van der Waals surface area contributed by atoms with Crippen LogP contribution in [0.2, 0.25) is 0 Å². The molecule has 1 aromatic heterocycles. The van der Waals surface area contributed by atoms with E-state index in [-0.39, 0.29) is 29.7 Å². The normalized spacial score (nSPS) is 21.0. The molecule has 1 aromatic rings. The third kappa shape index (κ3) is 3.77. The summed E-state index contributed by atoms with van der Waals surface area (Å²) >= 11 is 0. The minimum atomic E-state index is -0.178. The maximum atomic E-state index is 11.9. The first kappa shape index (κ1) is 13.5. The van der Waals surface area contributed by atoms with Gasteiger partial charge in [-0.3, -0.25) is 14.6 Å². The van der Waals surface area contributed by atoms with Gasteiger partial charge in [-0.05, 0) is 32.4 Å². The van der Waals surface area contributed by atoms with Crippen LogP contribution >= 0.6 is 0 Å². The number of hydrogen-bond acceptors (Lipinski definition) is 3. The monoisotopic (exact) mass is 261 g/mol. The average Bonchev–Trinajstić information content (AvgIpc) is 3.17. The standard InChI is InChI=1S/C14H19N3O2/c1-9(2)17-14(19)12-7-11(12)13(18)16-8-10-5-3-4-6-15-10/h3-6,9,11-12H,7-8H2,1-2H3,(H,16,18)(H,17,19). The third-order valence-corrected chi connectivity index (χ3v) is 3.06. The summed E-state index contributed by atoms with van der Waals surface area (Å²) in [4.78, 5) is 27.7. The molecule has 0 aromatic carbocycles. The molecule has 1 saturated carbocycles. The van der Waals surface area contributed by atoms with Crippen LogP contribution in [0.15, 0.2) is 24.4 Å². The number of carbonyl (C=O) groups excluding carboxylic acids is 2. The molecule has 5 heteroatoms. The predicted octanol–water partition coefficient (Wildman–Crippen LogP) is 0.858. The van der Waals surface area contributed by atoms with E-state index >= 15 is 0 Å². The number of hydrogen-bond donors (Lipinski definition) is 2. The van der Waals surface area contributed by atoms with Crippen LogP contribution in [-0.2, 0) is 16.1 Å². The molecule has 0 aliphatic heterocycles. The molecular formula is C14H19N3O2. The van der Waals surface area contributed by atoms with Gasteiger partial charge in [0.1, 0.15) is 0 Å². The van der Waals surface area contributed by atoms with Gasteiger partial charge in [0, 0.05) is 12.2 Å². The van der Waals surface area contributed by atoms with Crippen LogP contribution in [0.4, 0.5) is 0 Å². The fourth-order valence-corrected chi connectivity index (χ4v) is 1.98. The molecule has 0 spiro atoms. The Balaban J connectivity index is 1.76. The van der Waals surface area contributed by atoms with E-state index in [1.165, 1.54) is 0 Å². The lowest BCUT2D eigenvalue weighted by molar-refractivity contribution is -0.127. The van der Waals surface area contributed by atoms with Crippen LogP contribution in [0.25, 0.3) is 0 Å². The lowest BCUT2D eigenvalue weighted by Gasteiger charge is -2.08. The predicted molar refractivity (Wildman–Crippen MR) is 71.0 cm³/mol. The van der Waals surface area contributed by atoms with Crippen molar-refractivity contribution in [1.29, 1.82) is 0 Å². The van der Waals surface area contributed by atoms with Gasteiger partial charge in [0.15, 0.2) is 0 Å². The summed E-state index contributed by atoms with van der Waals surface area (Å²) in [6, 6.07) is 5.68. The van der Waals surface area contributed by atoms with Crippen molar-refractivity contribution >= 4 is 11.8 Å². The van der Waals surface area contributed by atoms with E-state index in [0.29, 0.717) is 13.0 Å². The van der Waals surface area contributed by atoms with Crippen molar-refractivity contribution < 1.29 is 9.59 Å². The van der Waals surface area contributed by atoms with Crippen LogP contribution in [-0.4, -0.2) is 22.8 Å². The molecular weight excluding hydrogens is 242 g/mol. The van der Waals surface area contributed by atoms with Gasteiger partial charge in [0.2, 0.25) is 11.8 Å². The number of rotatable bonds is 5. The largest absolute Gasteiger partial charge is 0.354 e. The Kier molecular flexibility index (Phi) is 4.14. The molecule has 0 bridgehead atoms. The SMILES string of the molecule is CC(C)NC(=O)C1CC1C(=O)NCc1ccccn1. The number of nitrogens with one attached hydrogen (secondary N) is 2. The molecule has 0 saturated heterocycles. The molecule has 1 aliphatic rings. The van der Waals surface area contributed by atoms with Gasteiger partial charge < -0.3 is 10.6 Å². The van der Waals surface area contributed by atoms with Gasteiger partial charge in [-0.15, -0.1) is 0 Å². The van der Waals surface area contributed by atoms with E-state index in [2.05, 4.69) is 15.6 Å². The summed E-state index contributed by atoms with van der Waals surface area (Å²) < 4.78 is 0. The molecule has 2 unspecified atom stereocenters. The Morgan fingerprint density at radius 3 is 2.68 bits per heavy atom. The Hall–Kier alpha value is -1.91. The summed E-state index contributed by atoms with van der Waals surface area (Å²) in [5.74, 6) is -0.420. The minimum Gasteiger partial charge on any atom is -0.354 e. The highest BCUT2D eigenvalue weighted by atomic mass is 16.2. The quantitative estimate of drug-likeness (QED) is 0.825. The van der Waals surface area contributed by atoms with Crippen molar-refractivity contribution in [2.24, 2.45) is 11.8 Å². The van der Waals surface area contributed by atoms with Crippen molar-refractivity contribution in [3.63, 3.8) is 0 Å². The molecule has 1 aliphatic carbocycles. The number of carbonyl (C=O) groups is 2. The van der Waals surface area contributed by atoms with Gasteiger partial charge in [0.25, 0.3) is 0 Å². The second-order valence-electron chi connectivity index (χ2n) is 5.15. The molecule has 19 heavy (non-hydrogen) atoms. The van der Waals surface area contributed by atoms with E-state index in [9.17, 15) is 9.59 Å². The fraction of sp³-hybridized carbons (Fsp3) is 0.500. The van der Waals surface area contributed by atoms with Crippen LogP contribution in [0.1, 0.15) is 26.0 Å². The van der Waals surface area contributed by atoms with Crippen molar-refractivity contribution in [3.05, 3.63) is 30.1 Å². The summed E-state index contributed by atoms with van der Waals surface area (Å²) in [6.45, 7) is 4.24. The summed E-state index contributed by atoms with van der Waals surface area (Å²) in [5, 5.41) is 5.65. The minimum absolute atomic E-state index is 0.0204. The van der Waals surface area contributed by atoms with Crippen molar-refractivity contribution in [3.8, 4) is 0 Å². The smallest absolute Gasteiger partial charge is 0.224 e. The Morgan fingerprint density at radius 1 is 1.32 bits per heavy atom. The van der Waals surface area contributed by atoms with Crippen molar-refractivity contribution in [1.82, 2.24) is 15.6 Å². The van der Waals surface area contributed by atoms with Gasteiger partial charge in [-0.25, -0.2) is 0 Å². The molecule has 102 valence electrons. The first-order valence-corrected chi connectivity index (χ1v) is 6.56. The molecule has 1 fully saturated rings.